The van der Waals surface area contributed by atoms with Crippen LogP contribution in [0.1, 0.15) is 18.4 Å². The zero-order valence-electron chi connectivity index (χ0n) is 15.7. The Labute approximate surface area is 182 Å². The molecule has 1 aliphatic heterocycles. The highest BCUT2D eigenvalue weighted by atomic mass is 35.5. The molecule has 0 unspecified atom stereocenters. The molecule has 3 aromatic rings. The maximum atomic E-state index is 14.8. The van der Waals surface area contributed by atoms with E-state index in [0.717, 1.165) is 0 Å². The Balaban J connectivity index is 1.60. The molecule has 1 fully saturated rings. The van der Waals surface area contributed by atoms with E-state index < -0.39 is 21.9 Å². The van der Waals surface area contributed by atoms with Crippen molar-refractivity contribution in [2.45, 2.75) is 23.7 Å². The third-order valence-electron chi connectivity index (χ3n) is 5.38. The minimum absolute atomic E-state index is 0.117. The first-order chi connectivity index (χ1) is 14.2. The summed E-state index contributed by atoms with van der Waals surface area (Å²) < 4.78 is 57.7. The molecule has 0 spiro atoms. The van der Waals surface area contributed by atoms with Gasteiger partial charge in [0.1, 0.15) is 0 Å². The zero-order valence-corrected chi connectivity index (χ0v) is 18.0. The largest absolute Gasteiger partial charge is 0.358 e. The Bertz CT molecular complexity index is 1170. The molecule has 0 bridgehead atoms. The zero-order chi connectivity index (χ0) is 21.5. The number of fused-ring (bicyclic) bond motifs is 1. The predicted molar refractivity (Wildman–Crippen MR) is 115 cm³/mol. The van der Waals surface area contributed by atoms with Gasteiger partial charge in [-0.2, -0.15) is 0 Å². The highest BCUT2D eigenvalue weighted by Crippen LogP contribution is 2.41. The van der Waals surface area contributed by atoms with Crippen molar-refractivity contribution >= 4 is 49.8 Å². The van der Waals surface area contributed by atoms with Crippen molar-refractivity contribution in [1.29, 1.82) is 0 Å². The molecule has 0 aliphatic carbocycles. The van der Waals surface area contributed by atoms with Gasteiger partial charge >= 0.3 is 0 Å². The fourth-order valence-corrected chi connectivity index (χ4v) is 5.36. The highest BCUT2D eigenvalue weighted by molar-refractivity contribution is 7.92. The smallest absolute Gasteiger partial charge is 0.276 e. The lowest BCUT2D eigenvalue weighted by atomic mass is 9.87. The van der Waals surface area contributed by atoms with Gasteiger partial charge < -0.3 is 10.3 Å². The minimum atomic E-state index is -4.01. The number of sulfonamides is 1. The summed E-state index contributed by atoms with van der Waals surface area (Å²) in [6.45, 7) is 1.10. The summed E-state index contributed by atoms with van der Waals surface area (Å²) in [6, 6.07) is 7.79. The van der Waals surface area contributed by atoms with Crippen molar-refractivity contribution in [3.05, 3.63) is 58.2 Å². The Morgan fingerprint density at radius 1 is 1.00 bits per heavy atom. The van der Waals surface area contributed by atoms with Gasteiger partial charge in [0.2, 0.25) is 0 Å². The molecular formula is C20H19Cl2F2N3O2S. The lowest BCUT2D eigenvalue weighted by Gasteiger charge is -2.30. The number of alkyl halides is 2. The molecule has 4 rings (SSSR count). The van der Waals surface area contributed by atoms with E-state index >= 15 is 0 Å². The van der Waals surface area contributed by atoms with Gasteiger partial charge in [-0.1, -0.05) is 35.3 Å². The fourth-order valence-electron chi connectivity index (χ4n) is 3.73. The van der Waals surface area contributed by atoms with Crippen LogP contribution in [-0.4, -0.2) is 26.5 Å². The summed E-state index contributed by atoms with van der Waals surface area (Å²) >= 11 is 12.2. The van der Waals surface area contributed by atoms with Crippen molar-refractivity contribution in [2.24, 2.45) is 5.92 Å². The Hall–Kier alpha value is -1.87. The molecule has 0 radical (unpaired) electrons. The van der Waals surface area contributed by atoms with Crippen LogP contribution in [0.3, 0.4) is 0 Å². The molecule has 0 atom stereocenters. The van der Waals surface area contributed by atoms with E-state index in [2.05, 4.69) is 15.0 Å². The van der Waals surface area contributed by atoms with Crippen molar-refractivity contribution in [3.63, 3.8) is 0 Å². The SMILES string of the molecule is O=S(=O)(Nc1ccc(Cl)c2c(Cl)c[nH]c12)c1ccc(C(F)(F)C2CCNCC2)cc1. The number of benzene rings is 2. The summed E-state index contributed by atoms with van der Waals surface area (Å²) in [5.41, 5.74) is 0.508. The average Bonchev–Trinajstić information content (AvgIpc) is 3.13. The van der Waals surface area contributed by atoms with Crippen LogP contribution < -0.4 is 10.0 Å². The van der Waals surface area contributed by atoms with Crippen molar-refractivity contribution in [1.82, 2.24) is 10.3 Å². The molecule has 1 saturated heterocycles. The van der Waals surface area contributed by atoms with Gasteiger partial charge in [0, 0.05) is 23.1 Å². The molecule has 3 N–H and O–H groups in total. The van der Waals surface area contributed by atoms with E-state index in [1.54, 1.807) is 0 Å². The lowest BCUT2D eigenvalue weighted by molar-refractivity contribution is -0.0753. The van der Waals surface area contributed by atoms with Crippen LogP contribution in [0.2, 0.25) is 10.0 Å². The number of aromatic nitrogens is 1. The summed E-state index contributed by atoms with van der Waals surface area (Å²) in [5, 5.41) is 4.30. The monoisotopic (exact) mass is 473 g/mol. The number of halogens is 4. The number of hydrogen-bond donors (Lipinski definition) is 3. The van der Waals surface area contributed by atoms with Crippen molar-refractivity contribution in [2.75, 3.05) is 17.8 Å². The van der Waals surface area contributed by atoms with Crippen LogP contribution >= 0.6 is 23.2 Å². The van der Waals surface area contributed by atoms with E-state index in [1.807, 2.05) is 0 Å². The summed E-state index contributed by atoms with van der Waals surface area (Å²) in [4.78, 5) is 2.77. The van der Waals surface area contributed by atoms with Crippen molar-refractivity contribution < 1.29 is 17.2 Å². The van der Waals surface area contributed by atoms with Crippen LogP contribution in [0.25, 0.3) is 10.9 Å². The molecule has 30 heavy (non-hydrogen) atoms. The second-order valence-corrected chi connectivity index (χ2v) is 9.76. The molecule has 0 amide bonds. The molecule has 1 aromatic heterocycles. The fraction of sp³-hybridized carbons (Fsp3) is 0.300. The average molecular weight is 474 g/mol. The topological polar surface area (TPSA) is 74.0 Å². The quantitative estimate of drug-likeness (QED) is 0.466. The molecule has 2 heterocycles. The third kappa shape index (κ3) is 3.89. The third-order valence-corrected chi connectivity index (χ3v) is 7.38. The van der Waals surface area contributed by atoms with Gasteiger partial charge in [-0.05, 0) is 50.2 Å². The number of H-pyrrole nitrogens is 1. The molecule has 10 heteroatoms. The summed E-state index contributed by atoms with van der Waals surface area (Å²) in [5.74, 6) is -3.78. The number of aromatic amines is 1. The van der Waals surface area contributed by atoms with Gasteiger partial charge in [-0.3, -0.25) is 4.72 Å². The van der Waals surface area contributed by atoms with Gasteiger partial charge in [-0.15, -0.1) is 0 Å². The number of rotatable bonds is 5. The Morgan fingerprint density at radius 2 is 1.67 bits per heavy atom. The second kappa shape index (κ2) is 8.00. The maximum absolute atomic E-state index is 14.8. The van der Waals surface area contributed by atoms with E-state index in [-0.39, 0.29) is 16.1 Å². The molecule has 160 valence electrons. The molecular weight excluding hydrogens is 455 g/mol. The first-order valence-corrected chi connectivity index (χ1v) is 11.6. The lowest BCUT2D eigenvalue weighted by Crippen LogP contribution is -2.36. The maximum Gasteiger partial charge on any atom is 0.276 e. The number of piperidine rings is 1. The summed E-state index contributed by atoms with van der Waals surface area (Å²) in [6.07, 6.45) is 2.26. The Kier molecular flexibility index (Phi) is 5.69. The van der Waals surface area contributed by atoms with Crippen LogP contribution in [0.4, 0.5) is 14.5 Å². The van der Waals surface area contributed by atoms with E-state index in [1.165, 1.54) is 42.6 Å². The number of anilines is 1. The van der Waals surface area contributed by atoms with E-state index in [0.29, 0.717) is 46.9 Å². The normalized spacial score (nSPS) is 16.1. The van der Waals surface area contributed by atoms with Crippen LogP contribution in [0.15, 0.2) is 47.5 Å². The van der Waals surface area contributed by atoms with Crippen molar-refractivity contribution in [3.8, 4) is 0 Å². The summed E-state index contributed by atoms with van der Waals surface area (Å²) in [7, 11) is -4.01. The van der Waals surface area contributed by atoms with Crippen LogP contribution in [0.5, 0.6) is 0 Å². The molecule has 2 aromatic carbocycles. The standard InChI is InChI=1S/C20H19Cl2F2N3O2S/c21-15-5-6-17(19-18(15)16(22)11-26-19)27-30(28,29)14-3-1-12(2-4-14)20(23,24)13-7-9-25-10-8-13/h1-6,11,13,25-27H,7-10H2. The predicted octanol–water partition coefficient (Wildman–Crippen LogP) is 5.37. The van der Waals surface area contributed by atoms with Crippen LogP contribution in [0, 0.1) is 5.92 Å². The van der Waals surface area contributed by atoms with Gasteiger partial charge in [-0.25, -0.2) is 17.2 Å². The first-order valence-electron chi connectivity index (χ1n) is 9.37. The number of nitrogens with one attached hydrogen (secondary N) is 3. The van der Waals surface area contributed by atoms with Crippen LogP contribution in [-0.2, 0) is 15.9 Å². The minimum Gasteiger partial charge on any atom is -0.358 e. The molecule has 0 saturated carbocycles. The van der Waals surface area contributed by atoms with E-state index in [9.17, 15) is 17.2 Å². The van der Waals surface area contributed by atoms with Gasteiger partial charge in [0.15, 0.2) is 0 Å². The van der Waals surface area contributed by atoms with Gasteiger partial charge in [0.25, 0.3) is 15.9 Å². The molecule has 5 nitrogen and oxygen atoms in total. The van der Waals surface area contributed by atoms with Gasteiger partial charge in [0.05, 0.1) is 26.1 Å². The highest BCUT2D eigenvalue weighted by Gasteiger charge is 2.41. The molecule has 1 aliphatic rings. The number of hydrogen-bond acceptors (Lipinski definition) is 3. The first kappa shape index (κ1) is 21.4. The Morgan fingerprint density at radius 3 is 2.33 bits per heavy atom. The second-order valence-electron chi connectivity index (χ2n) is 7.26. The van der Waals surface area contributed by atoms with E-state index in [4.69, 9.17) is 23.2 Å².